The number of nitrogens with zero attached hydrogens (tertiary/aromatic N) is 4. The Bertz CT molecular complexity index is 1490. The van der Waals surface area contributed by atoms with Crippen molar-refractivity contribution in [2.45, 2.75) is 19.4 Å². The van der Waals surface area contributed by atoms with Gasteiger partial charge in [-0.3, -0.25) is 18.9 Å². The van der Waals surface area contributed by atoms with Crippen molar-refractivity contribution in [2.24, 2.45) is 0 Å². The van der Waals surface area contributed by atoms with Gasteiger partial charge in [-0.2, -0.15) is 0 Å². The van der Waals surface area contributed by atoms with Crippen LogP contribution in [0.4, 0.5) is 0 Å². The molecule has 1 aliphatic rings. The van der Waals surface area contributed by atoms with Gasteiger partial charge < -0.3 is 14.4 Å². The van der Waals surface area contributed by atoms with Crippen molar-refractivity contribution >= 4 is 16.9 Å². The molecule has 0 bridgehead atoms. The van der Waals surface area contributed by atoms with Crippen LogP contribution in [0.2, 0.25) is 0 Å². The van der Waals surface area contributed by atoms with Crippen LogP contribution in [0.15, 0.2) is 78.4 Å². The molecule has 0 saturated carbocycles. The summed E-state index contributed by atoms with van der Waals surface area (Å²) in [4.78, 5) is 31.8. The molecule has 1 amide bonds. The summed E-state index contributed by atoms with van der Waals surface area (Å²) in [6.07, 6.45) is 5.40. The molecule has 0 radical (unpaired) electrons. The van der Waals surface area contributed by atoms with Crippen molar-refractivity contribution in [1.82, 2.24) is 19.0 Å². The lowest BCUT2D eigenvalue weighted by Crippen LogP contribution is -2.31. The summed E-state index contributed by atoms with van der Waals surface area (Å²) in [5, 5.41) is 0. The number of hydrogen-bond donors (Lipinski definition) is 0. The molecule has 2 aromatic carbocycles. The Hall–Kier alpha value is -4.33. The van der Waals surface area contributed by atoms with Crippen molar-refractivity contribution in [3.63, 3.8) is 0 Å². The van der Waals surface area contributed by atoms with E-state index >= 15 is 0 Å². The monoisotopic (exact) mass is 470 g/mol. The quantitative estimate of drug-likeness (QED) is 0.394. The van der Waals surface area contributed by atoms with E-state index in [1.807, 2.05) is 55.5 Å². The summed E-state index contributed by atoms with van der Waals surface area (Å²) in [6, 6.07) is 14.8. The van der Waals surface area contributed by atoms with E-state index in [1.165, 1.54) is 6.08 Å². The summed E-state index contributed by atoms with van der Waals surface area (Å²) in [5.41, 5.74) is 2.95. The molecule has 0 aliphatic carbocycles. The van der Waals surface area contributed by atoms with Crippen molar-refractivity contribution in [3.8, 4) is 22.9 Å². The number of carbonyl (C=O) groups is 1. The van der Waals surface area contributed by atoms with Crippen LogP contribution in [-0.2, 0) is 4.79 Å². The van der Waals surface area contributed by atoms with Crippen LogP contribution in [0, 0.1) is 6.92 Å². The summed E-state index contributed by atoms with van der Waals surface area (Å²) in [5.74, 6) is 1.95. The number of aromatic nitrogens is 3. The number of imidazole rings is 1. The second-order valence-electron chi connectivity index (χ2n) is 8.51. The van der Waals surface area contributed by atoms with Gasteiger partial charge in [0.05, 0.1) is 36.1 Å². The summed E-state index contributed by atoms with van der Waals surface area (Å²) in [7, 11) is 1.61. The topological polar surface area (TPSA) is 78.6 Å². The number of ether oxygens (including phenoxy) is 2. The normalized spacial score (nSPS) is 15.4. The Kier molecular flexibility index (Phi) is 5.86. The number of rotatable bonds is 6. The molecule has 0 N–H and O–H groups in total. The molecule has 0 spiro atoms. The molecule has 4 aromatic rings. The SMILES string of the molecule is C=CC(=O)N1CCC(n2c(=O)n(-c3ccc(Oc4cccc(OC)c4)c(C)c3)c3cnccc32)C1. The number of likely N-dealkylation sites (tertiary alicyclic amines) is 1. The third-order valence-electron chi connectivity index (χ3n) is 6.38. The second kappa shape index (κ2) is 9.13. The molecule has 178 valence electrons. The number of fused-ring (bicyclic) bond motifs is 1. The average Bonchev–Trinajstić information content (AvgIpc) is 3.47. The Morgan fingerprint density at radius 3 is 2.74 bits per heavy atom. The first-order chi connectivity index (χ1) is 17.0. The van der Waals surface area contributed by atoms with Gasteiger partial charge in [-0.05, 0) is 61.4 Å². The van der Waals surface area contributed by atoms with E-state index in [1.54, 1.807) is 33.5 Å². The fraction of sp³-hybridized carbons (Fsp3) is 0.222. The zero-order valence-electron chi connectivity index (χ0n) is 19.7. The summed E-state index contributed by atoms with van der Waals surface area (Å²) < 4.78 is 14.8. The number of aryl methyl sites for hydroxylation is 1. The van der Waals surface area contributed by atoms with Gasteiger partial charge in [-0.15, -0.1) is 0 Å². The van der Waals surface area contributed by atoms with Crippen LogP contribution >= 0.6 is 0 Å². The zero-order chi connectivity index (χ0) is 24.5. The molecule has 1 saturated heterocycles. The molecule has 1 unspecified atom stereocenters. The predicted octanol–water partition coefficient (Wildman–Crippen LogP) is 4.26. The second-order valence-corrected chi connectivity index (χ2v) is 8.51. The maximum Gasteiger partial charge on any atom is 0.334 e. The largest absolute Gasteiger partial charge is 0.497 e. The fourth-order valence-electron chi connectivity index (χ4n) is 4.63. The van der Waals surface area contributed by atoms with E-state index in [-0.39, 0.29) is 17.6 Å². The number of pyridine rings is 1. The minimum absolute atomic E-state index is 0.116. The van der Waals surface area contributed by atoms with Crippen LogP contribution in [0.25, 0.3) is 16.7 Å². The maximum atomic E-state index is 13.7. The number of benzene rings is 2. The lowest BCUT2D eigenvalue weighted by atomic mass is 10.2. The number of amides is 1. The van der Waals surface area contributed by atoms with E-state index in [0.29, 0.717) is 42.3 Å². The Balaban J connectivity index is 1.52. The molecule has 1 aliphatic heterocycles. The van der Waals surface area contributed by atoms with E-state index in [2.05, 4.69) is 11.6 Å². The molecule has 8 nitrogen and oxygen atoms in total. The van der Waals surface area contributed by atoms with Gasteiger partial charge in [0.25, 0.3) is 0 Å². The third-order valence-corrected chi connectivity index (χ3v) is 6.38. The van der Waals surface area contributed by atoms with Crippen LogP contribution < -0.4 is 15.2 Å². The highest BCUT2D eigenvalue weighted by molar-refractivity contribution is 5.87. The standard InChI is InChI=1S/C27H26N4O4/c1-4-26(32)29-13-11-20(17-29)31-23-10-12-28-16-24(23)30(27(31)33)19-8-9-25(18(2)14-19)35-22-7-5-6-21(15-22)34-3/h4-10,12,14-16,20H,1,11,13,17H2,2-3H3. The van der Waals surface area contributed by atoms with E-state index in [0.717, 1.165) is 16.8 Å². The number of carbonyl (C=O) groups excluding carboxylic acids is 1. The molecule has 8 heteroatoms. The molecule has 1 atom stereocenters. The average molecular weight is 471 g/mol. The highest BCUT2D eigenvalue weighted by atomic mass is 16.5. The van der Waals surface area contributed by atoms with Gasteiger partial charge in [-0.1, -0.05) is 12.6 Å². The van der Waals surface area contributed by atoms with Crippen LogP contribution in [0.5, 0.6) is 17.2 Å². The lowest BCUT2D eigenvalue weighted by Gasteiger charge is -2.15. The molecular formula is C27H26N4O4. The predicted molar refractivity (Wildman–Crippen MR) is 134 cm³/mol. The fourth-order valence-corrected chi connectivity index (χ4v) is 4.63. The summed E-state index contributed by atoms with van der Waals surface area (Å²) in [6.45, 7) is 6.58. The smallest absolute Gasteiger partial charge is 0.334 e. The maximum absolute atomic E-state index is 13.7. The molecule has 2 aromatic heterocycles. The van der Waals surface area contributed by atoms with Crippen molar-refractivity contribution in [1.29, 1.82) is 0 Å². The first-order valence-electron chi connectivity index (χ1n) is 11.4. The minimum Gasteiger partial charge on any atom is -0.497 e. The zero-order valence-corrected chi connectivity index (χ0v) is 19.7. The van der Waals surface area contributed by atoms with E-state index < -0.39 is 0 Å². The van der Waals surface area contributed by atoms with Gasteiger partial charge >= 0.3 is 5.69 Å². The first kappa shape index (κ1) is 22.5. The number of hydrogen-bond acceptors (Lipinski definition) is 5. The van der Waals surface area contributed by atoms with Crippen LogP contribution in [0.1, 0.15) is 18.0 Å². The Morgan fingerprint density at radius 2 is 1.97 bits per heavy atom. The van der Waals surface area contributed by atoms with Gasteiger partial charge in [0.15, 0.2) is 0 Å². The third kappa shape index (κ3) is 4.07. The molecule has 1 fully saturated rings. The van der Waals surface area contributed by atoms with Gasteiger partial charge in [-0.25, -0.2) is 4.79 Å². The van der Waals surface area contributed by atoms with Gasteiger partial charge in [0.2, 0.25) is 5.91 Å². The van der Waals surface area contributed by atoms with Crippen molar-refractivity contribution in [2.75, 3.05) is 20.2 Å². The van der Waals surface area contributed by atoms with Crippen molar-refractivity contribution < 1.29 is 14.3 Å². The first-order valence-corrected chi connectivity index (χ1v) is 11.4. The van der Waals surface area contributed by atoms with Gasteiger partial charge in [0.1, 0.15) is 17.2 Å². The molecule has 5 rings (SSSR count). The number of methoxy groups -OCH3 is 1. The minimum atomic E-state index is -0.160. The van der Waals surface area contributed by atoms with Crippen molar-refractivity contribution in [3.05, 3.63) is 89.6 Å². The van der Waals surface area contributed by atoms with Crippen LogP contribution in [-0.4, -0.2) is 45.1 Å². The van der Waals surface area contributed by atoms with Gasteiger partial charge in [0, 0.05) is 25.4 Å². The Morgan fingerprint density at radius 1 is 1.14 bits per heavy atom. The lowest BCUT2D eigenvalue weighted by molar-refractivity contribution is -0.125. The highest BCUT2D eigenvalue weighted by Gasteiger charge is 2.30. The Labute approximate surface area is 202 Å². The summed E-state index contributed by atoms with van der Waals surface area (Å²) >= 11 is 0. The molecule has 35 heavy (non-hydrogen) atoms. The molecular weight excluding hydrogens is 444 g/mol. The van der Waals surface area contributed by atoms with E-state index in [4.69, 9.17) is 9.47 Å². The molecule has 3 heterocycles. The van der Waals surface area contributed by atoms with Crippen LogP contribution in [0.3, 0.4) is 0 Å². The highest BCUT2D eigenvalue weighted by Crippen LogP contribution is 2.31. The van der Waals surface area contributed by atoms with E-state index in [9.17, 15) is 9.59 Å².